The Labute approximate surface area is 126 Å². The minimum absolute atomic E-state index is 0.0168. The lowest BCUT2D eigenvalue weighted by Crippen LogP contribution is -2.28. The Kier molecular flexibility index (Phi) is 4.05. The first-order valence-electron chi connectivity index (χ1n) is 5.40. The minimum Gasteiger partial charge on any atom is -0.469 e. The molecule has 1 aliphatic heterocycles. The molecule has 0 bridgehead atoms. The van der Waals surface area contributed by atoms with Crippen molar-refractivity contribution in [2.75, 3.05) is 0 Å². The fraction of sp³-hybridized carbons (Fsp3) is 0.231. The van der Waals surface area contributed by atoms with E-state index in [1.165, 1.54) is 0 Å². The number of nitrogens with zero attached hydrogens (tertiary/aromatic N) is 2. The van der Waals surface area contributed by atoms with Gasteiger partial charge in [0, 0.05) is 12.1 Å². The Morgan fingerprint density at radius 1 is 1.32 bits per heavy atom. The van der Waals surface area contributed by atoms with Gasteiger partial charge in [0.05, 0.1) is 11.6 Å². The normalized spacial score (nSPS) is 19.4. The summed E-state index contributed by atoms with van der Waals surface area (Å²) in [6, 6.07) is 9.08. The Morgan fingerprint density at radius 3 is 2.47 bits per heavy atom. The lowest BCUT2D eigenvalue weighted by Gasteiger charge is -2.27. The smallest absolute Gasteiger partial charge is 0.266 e. The number of nitriles is 1. The maximum absolute atomic E-state index is 8.76. The van der Waals surface area contributed by atoms with E-state index in [4.69, 9.17) is 44.8 Å². The first kappa shape index (κ1) is 14.2. The molecule has 0 saturated heterocycles. The molecule has 0 fully saturated rings. The molecule has 3 nitrogen and oxygen atoms in total. The molecule has 0 amide bonds. The van der Waals surface area contributed by atoms with Gasteiger partial charge in [-0.3, -0.25) is 0 Å². The van der Waals surface area contributed by atoms with Gasteiger partial charge in [-0.15, -0.1) is 0 Å². The number of hydrogen-bond donors (Lipinski definition) is 0. The van der Waals surface area contributed by atoms with Gasteiger partial charge in [0.2, 0.25) is 5.90 Å². The van der Waals surface area contributed by atoms with Gasteiger partial charge in [0.25, 0.3) is 3.79 Å². The van der Waals surface area contributed by atoms with Gasteiger partial charge in [0.1, 0.15) is 6.10 Å². The second-order valence-electron chi connectivity index (χ2n) is 4.03. The lowest BCUT2D eigenvalue weighted by molar-refractivity contribution is 0.176. The molecule has 0 saturated carbocycles. The van der Waals surface area contributed by atoms with Gasteiger partial charge in [-0.1, -0.05) is 53.5 Å². The number of alkyl halides is 3. The molecule has 0 N–H and O–H groups in total. The number of hydrogen-bond acceptors (Lipinski definition) is 3. The average molecular weight is 316 g/mol. The number of benzene rings is 1. The third-order valence-electron chi connectivity index (χ3n) is 2.59. The van der Waals surface area contributed by atoms with Crippen LogP contribution in [0.4, 0.5) is 0 Å². The van der Waals surface area contributed by atoms with Gasteiger partial charge in [-0.2, -0.15) is 5.26 Å². The summed E-state index contributed by atoms with van der Waals surface area (Å²) in [6.45, 7) is 3.79. The van der Waals surface area contributed by atoms with Crippen molar-refractivity contribution in [3.8, 4) is 6.07 Å². The standard InChI is InChI=1S/C13H9Cl3N2O/c1-8-6-11(19-12(18-8)13(14,15)16)10-4-2-9(7-17)3-5-10/h2-5,11H,1,6H2. The summed E-state index contributed by atoms with van der Waals surface area (Å²) in [5.74, 6) is 0.0168. The highest BCUT2D eigenvalue weighted by atomic mass is 35.6. The average Bonchev–Trinajstić information content (AvgIpc) is 2.37. The van der Waals surface area contributed by atoms with Gasteiger partial charge >= 0.3 is 0 Å². The Balaban J connectivity index is 2.25. The van der Waals surface area contributed by atoms with Crippen LogP contribution in [0.1, 0.15) is 23.7 Å². The van der Waals surface area contributed by atoms with Crippen LogP contribution < -0.4 is 0 Å². The zero-order valence-corrected chi connectivity index (χ0v) is 12.0. The van der Waals surface area contributed by atoms with Crippen LogP contribution in [0.25, 0.3) is 0 Å². The predicted molar refractivity (Wildman–Crippen MR) is 76.5 cm³/mol. The third-order valence-corrected chi connectivity index (χ3v) is 3.07. The van der Waals surface area contributed by atoms with Crippen molar-refractivity contribution in [1.82, 2.24) is 0 Å². The van der Waals surface area contributed by atoms with Crippen LogP contribution in [-0.4, -0.2) is 9.69 Å². The number of rotatable bonds is 1. The summed E-state index contributed by atoms with van der Waals surface area (Å²) < 4.78 is 3.88. The highest BCUT2D eigenvalue weighted by Gasteiger charge is 2.35. The van der Waals surface area contributed by atoms with Gasteiger partial charge in [0.15, 0.2) is 0 Å². The molecule has 1 heterocycles. The fourth-order valence-corrected chi connectivity index (χ4v) is 1.95. The first-order chi connectivity index (χ1) is 8.90. The topological polar surface area (TPSA) is 45.4 Å². The van der Waals surface area contributed by atoms with E-state index in [9.17, 15) is 0 Å². The highest BCUT2D eigenvalue weighted by molar-refractivity contribution is 6.76. The summed E-state index contributed by atoms with van der Waals surface area (Å²) in [5.41, 5.74) is 2.04. The van der Waals surface area contributed by atoms with Gasteiger partial charge < -0.3 is 4.74 Å². The van der Waals surface area contributed by atoms with E-state index in [1.807, 2.05) is 0 Å². The van der Waals surface area contributed by atoms with Crippen molar-refractivity contribution in [3.05, 3.63) is 47.7 Å². The van der Waals surface area contributed by atoms with Crippen LogP contribution in [0.5, 0.6) is 0 Å². The second-order valence-corrected chi connectivity index (χ2v) is 6.31. The molecule has 0 aliphatic carbocycles. The van der Waals surface area contributed by atoms with Gasteiger partial charge in [-0.25, -0.2) is 4.99 Å². The maximum Gasteiger partial charge on any atom is 0.266 e. The van der Waals surface area contributed by atoms with Crippen molar-refractivity contribution >= 4 is 40.7 Å². The van der Waals surface area contributed by atoms with Crippen molar-refractivity contribution in [3.63, 3.8) is 0 Å². The summed E-state index contributed by atoms with van der Waals surface area (Å²) in [5, 5.41) is 8.76. The number of ether oxygens (including phenoxy) is 1. The maximum atomic E-state index is 8.76. The fourth-order valence-electron chi connectivity index (χ4n) is 1.69. The second kappa shape index (κ2) is 5.42. The molecular formula is C13H9Cl3N2O. The molecule has 19 heavy (non-hydrogen) atoms. The van der Waals surface area contributed by atoms with Crippen molar-refractivity contribution in [1.29, 1.82) is 5.26 Å². The van der Waals surface area contributed by atoms with E-state index in [0.717, 1.165) is 5.56 Å². The third kappa shape index (κ3) is 3.42. The molecule has 1 unspecified atom stereocenters. The van der Waals surface area contributed by atoms with Crippen LogP contribution in [0, 0.1) is 11.3 Å². The lowest BCUT2D eigenvalue weighted by atomic mass is 10.0. The Morgan fingerprint density at radius 2 is 1.95 bits per heavy atom. The van der Waals surface area contributed by atoms with E-state index >= 15 is 0 Å². The summed E-state index contributed by atoms with van der Waals surface area (Å²) in [7, 11) is 0. The molecule has 1 aromatic carbocycles. The highest BCUT2D eigenvalue weighted by Crippen LogP contribution is 2.37. The Bertz CT molecular complexity index is 567. The predicted octanol–water partition coefficient (Wildman–Crippen LogP) is 4.30. The minimum atomic E-state index is -1.71. The molecule has 0 spiro atoms. The summed E-state index contributed by atoms with van der Waals surface area (Å²) >= 11 is 17.3. The zero-order chi connectivity index (χ0) is 14.0. The molecule has 1 atom stereocenters. The quantitative estimate of drug-likeness (QED) is 0.725. The van der Waals surface area contributed by atoms with E-state index in [1.54, 1.807) is 24.3 Å². The van der Waals surface area contributed by atoms with Crippen molar-refractivity contribution in [2.45, 2.75) is 16.3 Å². The van der Waals surface area contributed by atoms with Gasteiger partial charge in [-0.05, 0) is 17.7 Å². The molecule has 98 valence electrons. The molecule has 0 radical (unpaired) electrons. The SMILES string of the molecule is C=C1CC(c2ccc(C#N)cc2)OC(C(Cl)(Cl)Cl)=N1. The van der Waals surface area contributed by atoms with Crippen molar-refractivity contribution in [2.24, 2.45) is 4.99 Å². The monoisotopic (exact) mass is 314 g/mol. The van der Waals surface area contributed by atoms with Crippen LogP contribution in [0.2, 0.25) is 0 Å². The molecular weight excluding hydrogens is 307 g/mol. The first-order valence-corrected chi connectivity index (χ1v) is 6.54. The Hall–Kier alpha value is -1.21. The van der Waals surface area contributed by atoms with E-state index < -0.39 is 3.79 Å². The number of halogens is 3. The van der Waals surface area contributed by atoms with Crippen LogP contribution >= 0.6 is 34.8 Å². The van der Waals surface area contributed by atoms with Crippen LogP contribution in [0.15, 0.2) is 41.5 Å². The van der Waals surface area contributed by atoms with Crippen molar-refractivity contribution < 1.29 is 4.74 Å². The molecule has 2 rings (SSSR count). The summed E-state index contributed by atoms with van der Waals surface area (Å²) in [4.78, 5) is 4.01. The molecule has 1 aliphatic rings. The largest absolute Gasteiger partial charge is 0.469 e. The molecule has 1 aromatic rings. The zero-order valence-electron chi connectivity index (χ0n) is 9.74. The van der Waals surface area contributed by atoms with E-state index in [0.29, 0.717) is 17.7 Å². The number of aliphatic imine (C=N–C) groups is 1. The molecule has 6 heteroatoms. The van der Waals surface area contributed by atoms with Crippen LogP contribution in [0.3, 0.4) is 0 Å². The molecule has 0 aromatic heterocycles. The van der Waals surface area contributed by atoms with E-state index in [2.05, 4.69) is 17.6 Å². The van der Waals surface area contributed by atoms with Crippen LogP contribution in [-0.2, 0) is 4.74 Å². The summed E-state index contributed by atoms with van der Waals surface area (Å²) in [6.07, 6.45) is 0.194. The van der Waals surface area contributed by atoms with E-state index in [-0.39, 0.29) is 12.0 Å².